The van der Waals surface area contributed by atoms with Gasteiger partial charge >= 0.3 is 0 Å². The topological polar surface area (TPSA) is 79.4 Å². The molecule has 6 nitrogen and oxygen atoms in total. The zero-order chi connectivity index (χ0) is 26.9. The van der Waals surface area contributed by atoms with Crippen molar-refractivity contribution >= 4 is 38.4 Å². The van der Waals surface area contributed by atoms with E-state index in [0.717, 1.165) is 61.6 Å². The molecule has 190 valence electrons. The molecular formula is C34H24N6. The zero-order valence-corrected chi connectivity index (χ0v) is 21.6. The Hall–Kier alpha value is -5.54. The normalized spacial score (nSPS) is 11.2. The predicted molar refractivity (Wildman–Crippen MR) is 160 cm³/mol. The van der Waals surface area contributed by atoms with Crippen LogP contribution in [-0.4, -0.2) is 26.1 Å². The number of nitrogens with zero attached hydrogens (tertiary/aromatic N) is 5. The molecule has 1 N–H and O–H groups in total. The summed E-state index contributed by atoms with van der Waals surface area (Å²) in [6.07, 6.45) is 6.27. The van der Waals surface area contributed by atoms with Gasteiger partial charge in [0.05, 0.1) is 34.1 Å². The first-order valence-electron chi connectivity index (χ1n) is 13.2. The van der Waals surface area contributed by atoms with Crippen molar-refractivity contribution in [2.75, 3.05) is 11.9 Å². The molecule has 0 saturated heterocycles. The highest BCUT2D eigenvalue weighted by molar-refractivity contribution is 6.16. The third-order valence-electron chi connectivity index (χ3n) is 7.26. The Labute approximate surface area is 231 Å². The standard InChI is InChI=1S/C34H24N6/c35-20-31-30(37-17-15-25-9-5-6-16-36-25)19-26(22-39-31)40-32-13-4-2-10-28(32)34-27(11-7-14-33(34)40)24-18-23-8-1-3-12-29(23)38-21-24/h1-14,16,18-19,21-22,37H,15,17H2. The van der Waals surface area contributed by atoms with Gasteiger partial charge in [0.1, 0.15) is 6.07 Å². The fraction of sp³-hybridized carbons (Fsp3) is 0.0588. The lowest BCUT2D eigenvalue weighted by atomic mass is 9.99. The summed E-state index contributed by atoms with van der Waals surface area (Å²) in [6.45, 7) is 0.642. The molecule has 0 aliphatic carbocycles. The SMILES string of the molecule is N#Cc1ncc(-n2c3ccccc3c3c(-c4cnc5ccccc5c4)cccc32)cc1NCCc1ccccn1. The molecule has 7 aromatic rings. The molecule has 0 bridgehead atoms. The Kier molecular flexibility index (Phi) is 5.88. The van der Waals surface area contributed by atoms with Gasteiger partial charge in [-0.05, 0) is 48.0 Å². The van der Waals surface area contributed by atoms with Crippen molar-refractivity contribution in [2.45, 2.75) is 6.42 Å². The van der Waals surface area contributed by atoms with Crippen molar-refractivity contribution in [3.63, 3.8) is 0 Å². The van der Waals surface area contributed by atoms with Gasteiger partial charge in [-0.3, -0.25) is 9.97 Å². The van der Waals surface area contributed by atoms with E-state index in [1.54, 1.807) is 12.4 Å². The number of nitriles is 1. The van der Waals surface area contributed by atoms with Crippen molar-refractivity contribution in [2.24, 2.45) is 0 Å². The Morgan fingerprint density at radius 3 is 2.52 bits per heavy atom. The second-order valence-electron chi connectivity index (χ2n) is 9.67. The monoisotopic (exact) mass is 516 g/mol. The molecule has 0 saturated carbocycles. The Bertz CT molecular complexity index is 2050. The van der Waals surface area contributed by atoms with Crippen LogP contribution in [0.4, 0.5) is 5.69 Å². The van der Waals surface area contributed by atoms with E-state index in [9.17, 15) is 5.26 Å². The third kappa shape index (κ3) is 4.11. The minimum absolute atomic E-state index is 0.369. The number of pyridine rings is 3. The first kappa shape index (κ1) is 23.6. The maximum Gasteiger partial charge on any atom is 0.163 e. The molecule has 6 heteroatoms. The van der Waals surface area contributed by atoms with Crippen LogP contribution in [0.1, 0.15) is 11.4 Å². The van der Waals surface area contributed by atoms with E-state index in [2.05, 4.69) is 80.5 Å². The molecule has 40 heavy (non-hydrogen) atoms. The third-order valence-corrected chi connectivity index (χ3v) is 7.26. The number of benzene rings is 3. The lowest BCUT2D eigenvalue weighted by Gasteiger charge is -2.12. The molecule has 0 fully saturated rings. The van der Waals surface area contributed by atoms with Crippen LogP contribution in [0.2, 0.25) is 0 Å². The average Bonchev–Trinajstić information content (AvgIpc) is 3.36. The quantitative estimate of drug-likeness (QED) is 0.251. The number of fused-ring (bicyclic) bond motifs is 4. The van der Waals surface area contributed by atoms with Crippen molar-refractivity contribution in [3.8, 4) is 22.9 Å². The minimum atomic E-state index is 0.369. The first-order valence-corrected chi connectivity index (χ1v) is 13.2. The van der Waals surface area contributed by atoms with Crippen molar-refractivity contribution in [3.05, 3.63) is 127 Å². The first-order chi connectivity index (χ1) is 19.8. The van der Waals surface area contributed by atoms with Crippen LogP contribution in [0.3, 0.4) is 0 Å². The van der Waals surface area contributed by atoms with Crippen molar-refractivity contribution < 1.29 is 0 Å². The van der Waals surface area contributed by atoms with Gasteiger partial charge in [0.15, 0.2) is 5.69 Å². The van der Waals surface area contributed by atoms with Crippen LogP contribution in [-0.2, 0) is 6.42 Å². The lowest BCUT2D eigenvalue weighted by molar-refractivity contribution is 0.957. The summed E-state index contributed by atoms with van der Waals surface area (Å²) in [6, 6.07) is 35.3. The minimum Gasteiger partial charge on any atom is -0.382 e. The van der Waals surface area contributed by atoms with Gasteiger partial charge in [-0.2, -0.15) is 5.26 Å². The van der Waals surface area contributed by atoms with E-state index in [-0.39, 0.29) is 0 Å². The maximum atomic E-state index is 9.76. The van der Waals surface area contributed by atoms with E-state index in [1.165, 1.54) is 0 Å². The van der Waals surface area contributed by atoms with Gasteiger partial charge in [-0.25, -0.2) is 4.98 Å². The fourth-order valence-electron chi connectivity index (χ4n) is 5.43. The number of nitrogens with one attached hydrogen (secondary N) is 1. The summed E-state index contributed by atoms with van der Waals surface area (Å²) in [4.78, 5) is 13.7. The number of hydrogen-bond donors (Lipinski definition) is 1. The summed E-state index contributed by atoms with van der Waals surface area (Å²) in [7, 11) is 0. The average molecular weight is 517 g/mol. The van der Waals surface area contributed by atoms with Crippen LogP contribution in [0.25, 0.3) is 49.5 Å². The summed E-state index contributed by atoms with van der Waals surface area (Å²) >= 11 is 0. The van der Waals surface area contributed by atoms with Gasteiger partial charge in [0.2, 0.25) is 0 Å². The predicted octanol–water partition coefficient (Wildman–Crippen LogP) is 7.32. The molecule has 7 rings (SSSR count). The van der Waals surface area contributed by atoms with Crippen molar-refractivity contribution in [1.82, 2.24) is 19.5 Å². The molecule has 0 unspecified atom stereocenters. The fourth-order valence-corrected chi connectivity index (χ4v) is 5.43. The molecule has 0 spiro atoms. The molecule has 0 aliphatic rings. The van der Waals surface area contributed by atoms with Crippen LogP contribution in [0.5, 0.6) is 0 Å². The molecule has 0 amide bonds. The highest BCUT2D eigenvalue weighted by Crippen LogP contribution is 2.39. The largest absolute Gasteiger partial charge is 0.382 e. The Balaban J connectivity index is 1.36. The number of para-hydroxylation sites is 2. The molecule has 4 aromatic heterocycles. The van der Waals surface area contributed by atoms with Crippen LogP contribution in [0, 0.1) is 11.3 Å². The highest BCUT2D eigenvalue weighted by Gasteiger charge is 2.17. The number of aromatic nitrogens is 4. The number of rotatable bonds is 6. The number of anilines is 1. The Morgan fingerprint density at radius 2 is 1.62 bits per heavy atom. The van der Waals surface area contributed by atoms with Crippen LogP contribution in [0.15, 0.2) is 116 Å². The second kappa shape index (κ2) is 9.97. The van der Waals surface area contributed by atoms with Gasteiger partial charge in [-0.1, -0.05) is 54.6 Å². The van der Waals surface area contributed by atoms with Gasteiger partial charge in [-0.15, -0.1) is 0 Å². The maximum absolute atomic E-state index is 9.76. The second-order valence-corrected chi connectivity index (χ2v) is 9.67. The highest BCUT2D eigenvalue weighted by atomic mass is 15.0. The summed E-state index contributed by atoms with van der Waals surface area (Å²) in [5.41, 5.74) is 8.28. The van der Waals surface area contributed by atoms with Crippen LogP contribution >= 0.6 is 0 Å². The Morgan fingerprint density at radius 1 is 0.775 bits per heavy atom. The number of hydrogen-bond acceptors (Lipinski definition) is 5. The van der Waals surface area contributed by atoms with Crippen LogP contribution < -0.4 is 5.32 Å². The summed E-state index contributed by atoms with van der Waals surface area (Å²) in [5.74, 6) is 0. The molecule has 0 aliphatic heterocycles. The van der Waals surface area contributed by atoms with Crippen molar-refractivity contribution in [1.29, 1.82) is 5.26 Å². The van der Waals surface area contributed by atoms with E-state index in [1.807, 2.05) is 48.7 Å². The zero-order valence-electron chi connectivity index (χ0n) is 21.6. The van der Waals surface area contributed by atoms with Gasteiger partial charge in [0.25, 0.3) is 0 Å². The summed E-state index contributed by atoms with van der Waals surface area (Å²) in [5, 5.41) is 16.6. The molecule has 3 aromatic carbocycles. The molecule has 4 heterocycles. The molecular weight excluding hydrogens is 492 g/mol. The molecule has 0 radical (unpaired) electrons. The molecule has 0 atom stereocenters. The van der Waals surface area contributed by atoms with E-state index in [0.29, 0.717) is 17.9 Å². The van der Waals surface area contributed by atoms with E-state index in [4.69, 9.17) is 4.98 Å². The van der Waals surface area contributed by atoms with Gasteiger partial charge < -0.3 is 9.88 Å². The smallest absolute Gasteiger partial charge is 0.163 e. The van der Waals surface area contributed by atoms with E-state index >= 15 is 0 Å². The van der Waals surface area contributed by atoms with E-state index < -0.39 is 0 Å². The lowest BCUT2D eigenvalue weighted by Crippen LogP contribution is -2.09. The van der Waals surface area contributed by atoms with Gasteiger partial charge in [0, 0.05) is 52.8 Å². The summed E-state index contributed by atoms with van der Waals surface area (Å²) < 4.78 is 2.22.